The lowest BCUT2D eigenvalue weighted by Gasteiger charge is -2.20. The molecule has 2 aromatic rings. The quantitative estimate of drug-likeness (QED) is 0.866. The molecular weight excluding hydrogens is 238 g/mol. The van der Waals surface area contributed by atoms with Crippen LogP contribution in [0, 0.1) is 6.92 Å². The van der Waals surface area contributed by atoms with Crippen molar-refractivity contribution in [1.82, 2.24) is 15.1 Å². The van der Waals surface area contributed by atoms with E-state index in [4.69, 9.17) is 4.74 Å². The van der Waals surface area contributed by atoms with Crippen molar-refractivity contribution < 1.29 is 4.74 Å². The van der Waals surface area contributed by atoms with E-state index in [0.29, 0.717) is 0 Å². The van der Waals surface area contributed by atoms with Crippen LogP contribution >= 0.6 is 0 Å². The van der Waals surface area contributed by atoms with Gasteiger partial charge in [-0.15, -0.1) is 0 Å². The predicted octanol–water partition coefficient (Wildman–Crippen LogP) is 2.55. The molecule has 0 saturated heterocycles. The summed E-state index contributed by atoms with van der Waals surface area (Å²) >= 11 is 0. The van der Waals surface area contributed by atoms with Crippen LogP contribution in [0.5, 0.6) is 5.75 Å². The van der Waals surface area contributed by atoms with Gasteiger partial charge in [0.1, 0.15) is 5.75 Å². The molecule has 1 aromatic carbocycles. The topological polar surface area (TPSA) is 39.1 Å². The van der Waals surface area contributed by atoms with Gasteiger partial charge in [-0.1, -0.05) is 25.1 Å². The van der Waals surface area contributed by atoms with E-state index in [0.717, 1.165) is 24.5 Å². The lowest BCUT2D eigenvalue weighted by molar-refractivity contribution is 0.385. The summed E-state index contributed by atoms with van der Waals surface area (Å²) in [6.45, 7) is 5.81. The molecule has 0 aliphatic heterocycles. The minimum absolute atomic E-state index is 0.195. The summed E-state index contributed by atoms with van der Waals surface area (Å²) in [5.41, 5.74) is 2.20. The van der Waals surface area contributed by atoms with Crippen molar-refractivity contribution in [3.63, 3.8) is 0 Å². The van der Waals surface area contributed by atoms with Gasteiger partial charge in [-0.05, 0) is 25.6 Å². The molecule has 4 heteroatoms. The van der Waals surface area contributed by atoms with E-state index in [2.05, 4.69) is 23.4 Å². The summed E-state index contributed by atoms with van der Waals surface area (Å²) in [7, 11) is 1.71. The highest BCUT2D eigenvalue weighted by atomic mass is 16.5. The van der Waals surface area contributed by atoms with Gasteiger partial charge in [-0.3, -0.25) is 4.68 Å². The Morgan fingerprint density at radius 2 is 2.11 bits per heavy atom. The molecule has 0 radical (unpaired) electrons. The Morgan fingerprint density at radius 3 is 2.74 bits per heavy atom. The van der Waals surface area contributed by atoms with Crippen molar-refractivity contribution in [3.8, 4) is 5.75 Å². The van der Waals surface area contributed by atoms with Crippen LogP contribution in [0.25, 0.3) is 0 Å². The fourth-order valence-electron chi connectivity index (χ4n) is 2.23. The second-order valence-corrected chi connectivity index (χ2v) is 4.53. The third-order valence-electron chi connectivity index (χ3n) is 3.11. The van der Waals surface area contributed by atoms with Gasteiger partial charge in [0.05, 0.1) is 25.4 Å². The number of nitrogens with zero attached hydrogens (tertiary/aromatic N) is 2. The van der Waals surface area contributed by atoms with Crippen LogP contribution in [0.1, 0.15) is 24.2 Å². The van der Waals surface area contributed by atoms with Crippen molar-refractivity contribution in [2.45, 2.75) is 26.4 Å². The first kappa shape index (κ1) is 13.6. The van der Waals surface area contributed by atoms with E-state index in [9.17, 15) is 0 Å². The number of aromatic nitrogens is 2. The van der Waals surface area contributed by atoms with Crippen molar-refractivity contribution >= 4 is 0 Å². The molecule has 2 rings (SSSR count). The number of rotatable bonds is 6. The third-order valence-corrected chi connectivity index (χ3v) is 3.11. The molecule has 0 aliphatic carbocycles. The number of benzene rings is 1. The molecule has 19 heavy (non-hydrogen) atoms. The zero-order valence-electron chi connectivity index (χ0n) is 11.8. The number of nitrogens with one attached hydrogen (secondary N) is 1. The van der Waals surface area contributed by atoms with Crippen molar-refractivity contribution in [2.24, 2.45) is 0 Å². The lowest BCUT2D eigenvalue weighted by Crippen LogP contribution is -2.26. The number of aryl methyl sites for hydroxylation is 1. The molecule has 102 valence electrons. The van der Waals surface area contributed by atoms with Crippen LogP contribution in [-0.2, 0) is 6.54 Å². The van der Waals surface area contributed by atoms with E-state index < -0.39 is 0 Å². The highest BCUT2D eigenvalue weighted by Gasteiger charge is 2.15. The van der Waals surface area contributed by atoms with Crippen LogP contribution in [-0.4, -0.2) is 23.4 Å². The van der Waals surface area contributed by atoms with Crippen LogP contribution in [0.4, 0.5) is 0 Å². The molecule has 0 fully saturated rings. The first-order valence-electron chi connectivity index (χ1n) is 6.61. The Hall–Kier alpha value is -1.81. The summed E-state index contributed by atoms with van der Waals surface area (Å²) in [5, 5.41) is 7.94. The van der Waals surface area contributed by atoms with E-state index in [1.165, 1.54) is 5.56 Å². The Balaban J connectivity index is 2.23. The first-order valence-corrected chi connectivity index (χ1v) is 6.61. The number of hydrogen-bond donors (Lipinski definition) is 1. The average molecular weight is 259 g/mol. The Kier molecular flexibility index (Phi) is 4.58. The fraction of sp³-hybridized carbons (Fsp3) is 0.400. The number of methoxy groups -OCH3 is 1. The first-order chi connectivity index (χ1) is 9.24. The monoisotopic (exact) mass is 259 g/mol. The normalized spacial score (nSPS) is 12.4. The minimum atomic E-state index is 0.195. The van der Waals surface area contributed by atoms with Gasteiger partial charge in [0, 0.05) is 11.8 Å². The fourth-order valence-corrected chi connectivity index (χ4v) is 2.23. The summed E-state index contributed by atoms with van der Waals surface area (Å²) < 4.78 is 7.41. The maximum atomic E-state index is 5.45. The van der Waals surface area contributed by atoms with Gasteiger partial charge in [-0.2, -0.15) is 5.10 Å². The molecule has 1 aromatic heterocycles. The van der Waals surface area contributed by atoms with E-state index in [1.54, 1.807) is 7.11 Å². The van der Waals surface area contributed by atoms with Crippen molar-refractivity contribution in [1.29, 1.82) is 0 Å². The molecule has 0 aliphatic rings. The minimum Gasteiger partial charge on any atom is -0.496 e. The third kappa shape index (κ3) is 3.35. The number of para-hydroxylation sites is 1. The Morgan fingerprint density at radius 1 is 1.32 bits per heavy atom. The van der Waals surface area contributed by atoms with E-state index in [-0.39, 0.29) is 6.04 Å². The maximum Gasteiger partial charge on any atom is 0.123 e. The summed E-state index contributed by atoms with van der Waals surface area (Å²) in [4.78, 5) is 0. The largest absolute Gasteiger partial charge is 0.496 e. The van der Waals surface area contributed by atoms with Gasteiger partial charge in [0.15, 0.2) is 0 Å². The highest BCUT2D eigenvalue weighted by molar-refractivity contribution is 5.35. The number of ether oxygens (including phenoxy) is 1. The molecular formula is C15H21N3O. The van der Waals surface area contributed by atoms with Gasteiger partial charge in [0.2, 0.25) is 0 Å². The lowest BCUT2D eigenvalue weighted by atomic mass is 10.1. The highest BCUT2D eigenvalue weighted by Crippen LogP contribution is 2.25. The Labute approximate surface area is 114 Å². The van der Waals surface area contributed by atoms with Crippen LogP contribution in [0.3, 0.4) is 0 Å². The van der Waals surface area contributed by atoms with Crippen molar-refractivity contribution in [3.05, 3.63) is 47.8 Å². The number of hydrogen-bond acceptors (Lipinski definition) is 3. The molecule has 0 saturated carbocycles. The summed E-state index contributed by atoms with van der Waals surface area (Å²) in [5.74, 6) is 0.914. The molecule has 0 spiro atoms. The predicted molar refractivity (Wildman–Crippen MR) is 76.4 cm³/mol. The van der Waals surface area contributed by atoms with E-state index in [1.807, 2.05) is 42.1 Å². The van der Waals surface area contributed by atoms with Gasteiger partial charge in [-0.25, -0.2) is 0 Å². The summed E-state index contributed by atoms with van der Waals surface area (Å²) in [6, 6.07) is 10.3. The van der Waals surface area contributed by atoms with Gasteiger partial charge < -0.3 is 10.1 Å². The SMILES string of the molecule is CCNC(Cn1ccc(C)n1)c1ccccc1OC. The summed E-state index contributed by atoms with van der Waals surface area (Å²) in [6.07, 6.45) is 2.01. The molecule has 1 atom stereocenters. The molecule has 0 amide bonds. The molecule has 1 N–H and O–H groups in total. The Bertz CT molecular complexity index is 522. The maximum absolute atomic E-state index is 5.45. The van der Waals surface area contributed by atoms with Crippen molar-refractivity contribution in [2.75, 3.05) is 13.7 Å². The molecule has 1 heterocycles. The van der Waals surface area contributed by atoms with E-state index >= 15 is 0 Å². The second kappa shape index (κ2) is 6.38. The molecule has 0 bridgehead atoms. The van der Waals surface area contributed by atoms with Crippen LogP contribution < -0.4 is 10.1 Å². The average Bonchev–Trinajstić information content (AvgIpc) is 2.84. The zero-order valence-corrected chi connectivity index (χ0v) is 11.8. The molecule has 4 nitrogen and oxygen atoms in total. The number of likely N-dealkylation sites (N-methyl/N-ethyl adjacent to an activating group) is 1. The zero-order chi connectivity index (χ0) is 13.7. The van der Waals surface area contributed by atoms with Crippen LogP contribution in [0.15, 0.2) is 36.5 Å². The van der Waals surface area contributed by atoms with Gasteiger partial charge >= 0.3 is 0 Å². The van der Waals surface area contributed by atoms with Gasteiger partial charge in [0.25, 0.3) is 0 Å². The smallest absolute Gasteiger partial charge is 0.123 e. The second-order valence-electron chi connectivity index (χ2n) is 4.53. The molecule has 1 unspecified atom stereocenters. The van der Waals surface area contributed by atoms with Crippen LogP contribution in [0.2, 0.25) is 0 Å². The standard InChI is InChI=1S/C15H21N3O/c1-4-16-14(11-18-10-9-12(2)17-18)13-7-5-6-8-15(13)19-3/h5-10,14,16H,4,11H2,1-3H3.